The first-order chi connectivity index (χ1) is 18.4. The highest BCUT2D eigenvalue weighted by molar-refractivity contribution is 5.95. The van der Waals surface area contributed by atoms with Gasteiger partial charge in [-0.25, -0.2) is 0 Å². The van der Waals surface area contributed by atoms with Crippen LogP contribution in [0.4, 0.5) is 11.4 Å². The summed E-state index contributed by atoms with van der Waals surface area (Å²) in [5, 5.41) is 23.2. The van der Waals surface area contributed by atoms with Gasteiger partial charge in [0.15, 0.2) is 5.69 Å². The van der Waals surface area contributed by atoms with Gasteiger partial charge in [0.2, 0.25) is 0 Å². The zero-order valence-corrected chi connectivity index (χ0v) is 21.9. The van der Waals surface area contributed by atoms with E-state index in [4.69, 9.17) is 10.3 Å². The van der Waals surface area contributed by atoms with Crippen molar-refractivity contribution in [2.24, 2.45) is 15.3 Å². The van der Waals surface area contributed by atoms with Crippen molar-refractivity contribution in [2.45, 2.75) is 27.7 Å². The van der Waals surface area contributed by atoms with Gasteiger partial charge in [-0.3, -0.25) is 5.43 Å². The normalized spacial score (nSPS) is 11.7. The monoisotopic (exact) mass is 501 g/mol. The Balaban J connectivity index is 1.63. The van der Waals surface area contributed by atoms with Gasteiger partial charge in [-0.1, -0.05) is 75.5 Å². The molecule has 0 aliphatic heterocycles. The van der Waals surface area contributed by atoms with E-state index < -0.39 is 0 Å². The highest BCUT2D eigenvalue weighted by Crippen LogP contribution is 2.15. The minimum atomic E-state index is 0.282. The number of tetrazole rings is 1. The van der Waals surface area contributed by atoms with Crippen LogP contribution in [-0.2, 0) is 0 Å². The highest BCUT2D eigenvalue weighted by Gasteiger charge is 2.28. The number of amidine groups is 1. The molecule has 0 spiro atoms. The summed E-state index contributed by atoms with van der Waals surface area (Å²) in [5.74, 6) is 0.718. The number of azo groups is 1. The molecule has 0 bridgehead atoms. The maximum atomic E-state index is 4.81. The molecule has 0 saturated carbocycles. The highest BCUT2D eigenvalue weighted by atomic mass is 15.6. The number of hydrogen-bond acceptors (Lipinski definition) is 5. The van der Waals surface area contributed by atoms with Crippen LogP contribution >= 0.6 is 0 Å². The van der Waals surface area contributed by atoms with E-state index in [9.17, 15) is 0 Å². The molecule has 0 radical (unpaired) electrons. The van der Waals surface area contributed by atoms with Gasteiger partial charge in [0.1, 0.15) is 5.69 Å². The molecule has 38 heavy (non-hydrogen) atoms. The summed E-state index contributed by atoms with van der Waals surface area (Å²) in [5.41, 5.74) is 10.9. The van der Waals surface area contributed by atoms with Gasteiger partial charge in [0.25, 0.3) is 5.84 Å². The van der Waals surface area contributed by atoms with E-state index in [0.717, 1.165) is 39.3 Å². The molecule has 0 aliphatic carbocycles. The second-order valence-corrected chi connectivity index (χ2v) is 9.23. The molecule has 5 aromatic rings. The fraction of sp³-hybridized carbons (Fsp3) is 0.133. The Labute approximate surface area is 222 Å². The van der Waals surface area contributed by atoms with E-state index in [1.165, 1.54) is 0 Å². The van der Waals surface area contributed by atoms with Crippen LogP contribution in [0.2, 0.25) is 0 Å². The molecule has 188 valence electrons. The van der Waals surface area contributed by atoms with E-state index in [1.54, 1.807) is 9.48 Å². The van der Waals surface area contributed by atoms with Crippen LogP contribution in [0.5, 0.6) is 0 Å². The predicted molar refractivity (Wildman–Crippen MR) is 149 cm³/mol. The van der Waals surface area contributed by atoms with Gasteiger partial charge >= 0.3 is 5.82 Å². The second kappa shape index (κ2) is 11.0. The summed E-state index contributed by atoms with van der Waals surface area (Å²) >= 11 is 0. The lowest BCUT2D eigenvalue weighted by molar-refractivity contribution is -0.663. The van der Waals surface area contributed by atoms with Crippen LogP contribution in [0.3, 0.4) is 0 Å². The molecule has 4 aromatic carbocycles. The minimum Gasteiger partial charge on any atom is -0.276 e. The van der Waals surface area contributed by atoms with Gasteiger partial charge in [-0.15, -0.1) is 15.3 Å². The summed E-state index contributed by atoms with van der Waals surface area (Å²) in [6.07, 6.45) is 0. The van der Waals surface area contributed by atoms with E-state index >= 15 is 0 Å². The summed E-state index contributed by atoms with van der Waals surface area (Å²) < 4.78 is 1.73. The Kier molecular flexibility index (Phi) is 7.13. The third kappa shape index (κ3) is 5.87. The average molecular weight is 502 g/mol. The van der Waals surface area contributed by atoms with Crippen molar-refractivity contribution < 1.29 is 4.68 Å². The summed E-state index contributed by atoms with van der Waals surface area (Å²) in [4.78, 5) is 1.58. The lowest BCUT2D eigenvalue weighted by Crippen LogP contribution is -2.39. The summed E-state index contributed by atoms with van der Waals surface area (Å²) in [6.45, 7) is 8.17. The van der Waals surface area contributed by atoms with Gasteiger partial charge in [-0.05, 0) is 76.2 Å². The van der Waals surface area contributed by atoms with Gasteiger partial charge in [0, 0.05) is 4.80 Å². The lowest BCUT2D eigenvalue weighted by Gasteiger charge is -2.02. The maximum Gasteiger partial charge on any atom is 0.376 e. The van der Waals surface area contributed by atoms with E-state index in [-0.39, 0.29) is 5.84 Å². The van der Waals surface area contributed by atoms with Gasteiger partial charge in [0.05, 0.1) is 21.7 Å². The van der Waals surface area contributed by atoms with Gasteiger partial charge < -0.3 is 0 Å². The molecule has 0 atom stereocenters. The first-order valence-corrected chi connectivity index (χ1v) is 12.4. The standard InChI is InChI=1S/C30H29N8/c1-21-5-13-25(14-6-21)31-33-29(34-32-26-15-7-22(2)8-16-26)30-35-38(28-19-11-24(4)12-20-28)36-37(30)27-17-9-23(3)10-18-27/h5-20,31H,1-4H3/q+1/b33-29-,34-32?. The zero-order chi connectivity index (χ0) is 26.5. The zero-order valence-electron chi connectivity index (χ0n) is 21.9. The molecule has 0 saturated heterocycles. The number of hydrazone groups is 1. The smallest absolute Gasteiger partial charge is 0.276 e. The average Bonchev–Trinajstić information content (AvgIpc) is 3.37. The number of rotatable bonds is 6. The molecular formula is C30H29N8+. The Morgan fingerprint density at radius 3 is 1.82 bits per heavy atom. The summed E-state index contributed by atoms with van der Waals surface area (Å²) in [7, 11) is 0. The van der Waals surface area contributed by atoms with Crippen LogP contribution in [0, 0.1) is 27.7 Å². The first kappa shape index (κ1) is 24.7. The Morgan fingerprint density at radius 1 is 0.684 bits per heavy atom. The number of hydrogen-bond donors (Lipinski definition) is 1. The summed E-state index contributed by atoms with van der Waals surface area (Å²) in [6, 6.07) is 31.9. The number of nitrogens with one attached hydrogen (secondary N) is 1. The number of anilines is 1. The maximum absolute atomic E-state index is 4.81. The van der Waals surface area contributed by atoms with Crippen LogP contribution in [0.1, 0.15) is 28.1 Å². The van der Waals surface area contributed by atoms with Crippen molar-refractivity contribution in [3.8, 4) is 11.4 Å². The van der Waals surface area contributed by atoms with Crippen LogP contribution in [-0.4, -0.2) is 20.9 Å². The predicted octanol–water partition coefficient (Wildman–Crippen LogP) is 6.34. The third-order valence-corrected chi connectivity index (χ3v) is 5.94. The van der Waals surface area contributed by atoms with Crippen molar-refractivity contribution in [2.75, 3.05) is 5.43 Å². The number of aryl methyl sites for hydroxylation is 4. The lowest BCUT2D eigenvalue weighted by atomic mass is 10.2. The van der Waals surface area contributed by atoms with Crippen molar-refractivity contribution in [3.05, 3.63) is 125 Å². The van der Waals surface area contributed by atoms with E-state index in [1.807, 2.05) is 125 Å². The fourth-order valence-electron chi connectivity index (χ4n) is 3.65. The number of benzene rings is 4. The molecule has 0 amide bonds. The van der Waals surface area contributed by atoms with Crippen molar-refractivity contribution >= 4 is 17.2 Å². The quantitative estimate of drug-likeness (QED) is 0.0969. The van der Waals surface area contributed by atoms with Crippen molar-refractivity contribution in [1.82, 2.24) is 15.1 Å². The molecule has 0 fully saturated rings. The van der Waals surface area contributed by atoms with E-state index in [2.05, 4.69) is 20.8 Å². The molecule has 5 rings (SSSR count). The Bertz CT molecular complexity index is 1580. The Hall–Kier alpha value is -4.98. The van der Waals surface area contributed by atoms with Crippen LogP contribution < -0.4 is 10.1 Å². The van der Waals surface area contributed by atoms with Crippen LogP contribution in [0.25, 0.3) is 11.4 Å². The topological polar surface area (TPSA) is 83.7 Å². The molecule has 1 N–H and O–H groups in total. The first-order valence-electron chi connectivity index (χ1n) is 12.4. The molecule has 1 heterocycles. The van der Waals surface area contributed by atoms with Crippen molar-refractivity contribution in [3.63, 3.8) is 0 Å². The number of aromatic nitrogens is 4. The second-order valence-electron chi connectivity index (χ2n) is 9.23. The molecule has 1 aromatic heterocycles. The van der Waals surface area contributed by atoms with Crippen molar-refractivity contribution in [1.29, 1.82) is 0 Å². The van der Waals surface area contributed by atoms with Crippen LogP contribution in [0.15, 0.2) is 112 Å². The third-order valence-electron chi connectivity index (χ3n) is 5.94. The molecule has 0 unspecified atom stereocenters. The molecule has 8 heteroatoms. The molecule has 8 nitrogen and oxygen atoms in total. The van der Waals surface area contributed by atoms with Gasteiger partial charge in [-0.2, -0.15) is 0 Å². The Morgan fingerprint density at radius 2 is 1.21 bits per heavy atom. The molecule has 0 aliphatic rings. The fourth-order valence-corrected chi connectivity index (χ4v) is 3.65. The SMILES string of the molecule is Cc1ccc(N=N/C(=N\Nc2ccc(C)cc2)c2nn(-c3ccc(C)cc3)n[n+]2-c2ccc(C)cc2)cc1. The largest absolute Gasteiger partial charge is 0.376 e. The molecular weight excluding hydrogens is 472 g/mol. The minimum absolute atomic E-state index is 0.282. The number of nitrogens with zero attached hydrogens (tertiary/aromatic N) is 7. The van der Waals surface area contributed by atoms with E-state index in [0.29, 0.717) is 11.5 Å².